The standard InChI is InChI=1S/C23H25FN4O3/c1-30-19-8-4-17(5-9-19)22-20(14-26-27-22)23(29)25-15-21(28-10-12-31-13-11-28)16-2-6-18(24)7-3-16/h2-9,14,21H,10-13,15H2,1H3,(H,25,29)(H,26,27). The first-order valence-corrected chi connectivity index (χ1v) is 10.2. The molecule has 7 nitrogen and oxygen atoms in total. The highest BCUT2D eigenvalue weighted by atomic mass is 19.1. The van der Waals surface area contributed by atoms with Crippen LogP contribution in [-0.4, -0.2) is 61.0 Å². The van der Waals surface area contributed by atoms with Crippen LogP contribution < -0.4 is 10.1 Å². The number of rotatable bonds is 7. The number of methoxy groups -OCH3 is 1. The summed E-state index contributed by atoms with van der Waals surface area (Å²) < 4.78 is 24.1. The Balaban J connectivity index is 1.50. The lowest BCUT2D eigenvalue weighted by Gasteiger charge is -2.35. The van der Waals surface area contributed by atoms with Gasteiger partial charge >= 0.3 is 0 Å². The maximum absolute atomic E-state index is 13.4. The molecule has 2 heterocycles. The average molecular weight is 424 g/mol. The quantitative estimate of drug-likeness (QED) is 0.610. The lowest BCUT2D eigenvalue weighted by atomic mass is 10.0. The van der Waals surface area contributed by atoms with Crippen molar-refractivity contribution in [1.29, 1.82) is 0 Å². The van der Waals surface area contributed by atoms with Gasteiger partial charge in [-0.3, -0.25) is 14.8 Å². The first-order chi connectivity index (χ1) is 15.2. The van der Waals surface area contributed by atoms with E-state index in [-0.39, 0.29) is 17.8 Å². The number of ether oxygens (including phenoxy) is 2. The Hall–Kier alpha value is -3.23. The third kappa shape index (κ3) is 4.92. The van der Waals surface area contributed by atoms with Crippen LogP contribution in [0.4, 0.5) is 4.39 Å². The molecule has 1 saturated heterocycles. The van der Waals surface area contributed by atoms with E-state index in [9.17, 15) is 9.18 Å². The van der Waals surface area contributed by atoms with Crippen molar-refractivity contribution in [3.05, 3.63) is 71.7 Å². The lowest BCUT2D eigenvalue weighted by Crippen LogP contribution is -2.43. The van der Waals surface area contributed by atoms with Crippen LogP contribution in [0.3, 0.4) is 0 Å². The van der Waals surface area contributed by atoms with Gasteiger partial charge in [0.15, 0.2) is 0 Å². The molecule has 0 bridgehead atoms. The van der Waals surface area contributed by atoms with Crippen molar-refractivity contribution in [2.75, 3.05) is 40.0 Å². The van der Waals surface area contributed by atoms with E-state index in [1.54, 1.807) is 19.2 Å². The van der Waals surface area contributed by atoms with Gasteiger partial charge in [-0.05, 0) is 42.0 Å². The summed E-state index contributed by atoms with van der Waals surface area (Å²) in [5.74, 6) is 0.234. The highest BCUT2D eigenvalue weighted by Crippen LogP contribution is 2.25. The SMILES string of the molecule is COc1ccc(-c2[nH]ncc2C(=O)NCC(c2ccc(F)cc2)N2CCOCC2)cc1. The van der Waals surface area contributed by atoms with Gasteiger partial charge in [0.1, 0.15) is 11.6 Å². The van der Waals surface area contributed by atoms with Gasteiger partial charge in [0, 0.05) is 25.2 Å². The van der Waals surface area contributed by atoms with Gasteiger partial charge in [-0.25, -0.2) is 4.39 Å². The first-order valence-electron chi connectivity index (χ1n) is 10.2. The van der Waals surface area contributed by atoms with Gasteiger partial charge in [0.2, 0.25) is 0 Å². The summed E-state index contributed by atoms with van der Waals surface area (Å²) in [4.78, 5) is 15.2. The maximum atomic E-state index is 13.4. The minimum Gasteiger partial charge on any atom is -0.497 e. The second kappa shape index (κ2) is 9.72. The number of H-pyrrole nitrogens is 1. The Bertz CT molecular complexity index is 998. The van der Waals surface area contributed by atoms with Crippen LogP contribution in [0, 0.1) is 5.82 Å². The van der Waals surface area contributed by atoms with E-state index in [1.165, 1.54) is 18.3 Å². The van der Waals surface area contributed by atoms with Gasteiger partial charge in [-0.1, -0.05) is 12.1 Å². The van der Waals surface area contributed by atoms with E-state index in [4.69, 9.17) is 9.47 Å². The minimum absolute atomic E-state index is 0.0789. The number of aromatic amines is 1. The van der Waals surface area contributed by atoms with Crippen LogP contribution in [0.5, 0.6) is 5.75 Å². The summed E-state index contributed by atoms with van der Waals surface area (Å²) in [5.41, 5.74) is 2.90. The predicted octanol–water partition coefficient (Wildman–Crippen LogP) is 3.03. The molecule has 4 rings (SSSR count). The minimum atomic E-state index is -0.281. The maximum Gasteiger partial charge on any atom is 0.255 e. The van der Waals surface area contributed by atoms with Crippen molar-refractivity contribution >= 4 is 5.91 Å². The number of aromatic nitrogens is 2. The topological polar surface area (TPSA) is 79.5 Å². The van der Waals surface area contributed by atoms with Crippen molar-refractivity contribution < 1.29 is 18.7 Å². The summed E-state index contributed by atoms with van der Waals surface area (Å²) in [6.45, 7) is 3.16. The zero-order valence-corrected chi connectivity index (χ0v) is 17.3. The molecule has 1 aromatic heterocycles. The Morgan fingerprint density at radius 3 is 2.58 bits per heavy atom. The predicted molar refractivity (Wildman–Crippen MR) is 114 cm³/mol. The fraction of sp³-hybridized carbons (Fsp3) is 0.304. The fourth-order valence-corrected chi connectivity index (χ4v) is 3.75. The Labute approximate surface area is 180 Å². The summed E-state index contributed by atoms with van der Waals surface area (Å²) >= 11 is 0. The highest BCUT2D eigenvalue weighted by Gasteiger charge is 2.24. The summed E-state index contributed by atoms with van der Waals surface area (Å²) in [5, 5.41) is 10.00. The molecule has 8 heteroatoms. The van der Waals surface area contributed by atoms with Crippen LogP contribution in [0.1, 0.15) is 22.0 Å². The van der Waals surface area contributed by atoms with Crippen LogP contribution in [0.2, 0.25) is 0 Å². The van der Waals surface area contributed by atoms with E-state index in [2.05, 4.69) is 20.4 Å². The van der Waals surface area contributed by atoms with Crippen molar-refractivity contribution in [3.63, 3.8) is 0 Å². The second-order valence-electron chi connectivity index (χ2n) is 7.31. The number of nitrogens with one attached hydrogen (secondary N) is 2. The number of amides is 1. The number of hydrogen-bond acceptors (Lipinski definition) is 5. The lowest BCUT2D eigenvalue weighted by molar-refractivity contribution is 0.0162. The largest absolute Gasteiger partial charge is 0.497 e. The Morgan fingerprint density at radius 1 is 1.19 bits per heavy atom. The third-order valence-corrected chi connectivity index (χ3v) is 5.46. The van der Waals surface area contributed by atoms with E-state index in [0.29, 0.717) is 31.0 Å². The molecule has 0 aliphatic carbocycles. The molecule has 2 aromatic carbocycles. The molecule has 1 atom stereocenters. The highest BCUT2D eigenvalue weighted by molar-refractivity contribution is 5.99. The van der Waals surface area contributed by atoms with Gasteiger partial charge in [0.05, 0.1) is 43.8 Å². The Morgan fingerprint density at radius 2 is 1.90 bits per heavy atom. The van der Waals surface area contributed by atoms with Crippen molar-refractivity contribution in [2.24, 2.45) is 0 Å². The summed E-state index contributed by atoms with van der Waals surface area (Å²) in [7, 11) is 1.61. The first kappa shape index (κ1) is 21.0. The molecule has 1 aliphatic rings. The number of morpholine rings is 1. The summed E-state index contributed by atoms with van der Waals surface area (Å²) in [6.07, 6.45) is 1.52. The van der Waals surface area contributed by atoms with Gasteiger partial charge in [-0.2, -0.15) is 5.10 Å². The van der Waals surface area contributed by atoms with Crippen LogP contribution >= 0.6 is 0 Å². The number of halogens is 1. The van der Waals surface area contributed by atoms with E-state index in [1.807, 2.05) is 24.3 Å². The molecule has 1 aliphatic heterocycles. The number of hydrogen-bond donors (Lipinski definition) is 2. The molecule has 162 valence electrons. The van der Waals surface area contributed by atoms with Crippen molar-refractivity contribution in [3.8, 4) is 17.0 Å². The molecule has 0 saturated carbocycles. The molecule has 0 radical (unpaired) electrons. The van der Waals surface area contributed by atoms with E-state index in [0.717, 1.165) is 30.0 Å². The number of nitrogens with zero attached hydrogens (tertiary/aromatic N) is 2. The molecular formula is C23H25FN4O3. The summed E-state index contributed by atoms with van der Waals surface area (Å²) in [6, 6.07) is 13.8. The van der Waals surface area contributed by atoms with Crippen LogP contribution in [-0.2, 0) is 4.74 Å². The normalized spacial score (nSPS) is 15.4. The van der Waals surface area contributed by atoms with Gasteiger partial charge < -0.3 is 14.8 Å². The van der Waals surface area contributed by atoms with E-state index < -0.39 is 0 Å². The van der Waals surface area contributed by atoms with Crippen molar-refractivity contribution in [1.82, 2.24) is 20.4 Å². The zero-order chi connectivity index (χ0) is 21.6. The smallest absolute Gasteiger partial charge is 0.255 e. The Kier molecular flexibility index (Phi) is 6.59. The average Bonchev–Trinajstić information content (AvgIpc) is 3.31. The van der Waals surface area contributed by atoms with E-state index >= 15 is 0 Å². The molecule has 2 N–H and O–H groups in total. The second-order valence-corrected chi connectivity index (χ2v) is 7.31. The molecule has 1 fully saturated rings. The molecule has 1 unspecified atom stereocenters. The van der Waals surface area contributed by atoms with Crippen molar-refractivity contribution in [2.45, 2.75) is 6.04 Å². The molecule has 31 heavy (non-hydrogen) atoms. The molecule has 3 aromatic rings. The number of carbonyl (C=O) groups excluding carboxylic acids is 1. The van der Waals surface area contributed by atoms with Gasteiger partial charge in [0.25, 0.3) is 5.91 Å². The zero-order valence-electron chi connectivity index (χ0n) is 17.3. The fourth-order valence-electron chi connectivity index (χ4n) is 3.75. The molecule has 0 spiro atoms. The van der Waals surface area contributed by atoms with Crippen LogP contribution in [0.25, 0.3) is 11.3 Å². The molecule has 1 amide bonds. The number of carbonyl (C=O) groups is 1. The monoisotopic (exact) mass is 424 g/mol. The molecular weight excluding hydrogens is 399 g/mol. The van der Waals surface area contributed by atoms with Gasteiger partial charge in [-0.15, -0.1) is 0 Å². The third-order valence-electron chi connectivity index (χ3n) is 5.46. The number of benzene rings is 2. The van der Waals surface area contributed by atoms with Crippen LogP contribution in [0.15, 0.2) is 54.7 Å².